The lowest BCUT2D eigenvalue weighted by Crippen LogP contribution is -2.36. The van der Waals surface area contributed by atoms with Gasteiger partial charge in [-0.1, -0.05) is 31.4 Å². The Kier molecular flexibility index (Phi) is 5.23. The number of nitrogens with one attached hydrogen (secondary N) is 1. The minimum Gasteiger partial charge on any atom is -0.376 e. The normalized spacial score (nSPS) is 17.3. The van der Waals surface area contributed by atoms with Gasteiger partial charge in [0.25, 0.3) is 0 Å². The van der Waals surface area contributed by atoms with Gasteiger partial charge in [-0.05, 0) is 36.9 Å². The molecule has 1 aliphatic carbocycles. The van der Waals surface area contributed by atoms with Crippen molar-refractivity contribution in [2.75, 3.05) is 30.9 Å². The second kappa shape index (κ2) is 6.94. The van der Waals surface area contributed by atoms with Gasteiger partial charge in [-0.3, -0.25) is 4.79 Å². The van der Waals surface area contributed by atoms with Crippen molar-refractivity contribution in [2.45, 2.75) is 38.5 Å². The minimum atomic E-state index is 0.00932. The summed E-state index contributed by atoms with van der Waals surface area (Å²) in [5, 5.41) is 3.06. The molecule has 116 valence electrons. The first kappa shape index (κ1) is 15.8. The van der Waals surface area contributed by atoms with Crippen molar-refractivity contribution >= 4 is 17.3 Å². The van der Waals surface area contributed by atoms with Crippen LogP contribution in [-0.4, -0.2) is 26.5 Å². The fourth-order valence-corrected chi connectivity index (χ4v) is 3.26. The van der Waals surface area contributed by atoms with Crippen molar-refractivity contribution in [1.29, 1.82) is 0 Å². The molecule has 3 N–H and O–H groups in total. The molecule has 4 nitrogen and oxygen atoms in total. The van der Waals surface area contributed by atoms with Crippen LogP contribution in [0.3, 0.4) is 0 Å². The third-order valence-electron chi connectivity index (χ3n) is 4.54. The average Bonchev–Trinajstić information content (AvgIpc) is 2.48. The maximum atomic E-state index is 12.4. The van der Waals surface area contributed by atoms with E-state index in [2.05, 4.69) is 5.32 Å². The Labute approximate surface area is 127 Å². The Morgan fingerprint density at radius 1 is 1.24 bits per heavy atom. The van der Waals surface area contributed by atoms with E-state index < -0.39 is 0 Å². The first-order valence-electron chi connectivity index (χ1n) is 7.83. The molecule has 1 aromatic rings. The first-order chi connectivity index (χ1) is 10.1. The molecule has 0 unspecified atom stereocenters. The molecular formula is C17H27N3O. The second-order valence-electron chi connectivity index (χ2n) is 6.40. The standard InChI is InChI=1S/C17H27N3O/c1-20(2)15-9-5-4-8-14(15)19-16(21)12-17(13-18)10-6-3-7-11-17/h4-5,8-9H,3,6-7,10-13,18H2,1-2H3,(H,19,21). The molecule has 0 atom stereocenters. The summed E-state index contributed by atoms with van der Waals surface area (Å²) in [4.78, 5) is 14.4. The van der Waals surface area contributed by atoms with Gasteiger partial charge in [0, 0.05) is 20.5 Å². The van der Waals surface area contributed by atoms with Crippen LogP contribution in [0.2, 0.25) is 0 Å². The lowest BCUT2D eigenvalue weighted by atomic mass is 9.71. The summed E-state index contributed by atoms with van der Waals surface area (Å²) < 4.78 is 0. The number of nitrogens with two attached hydrogens (primary N) is 1. The van der Waals surface area contributed by atoms with Gasteiger partial charge in [-0.25, -0.2) is 0 Å². The number of nitrogens with zero attached hydrogens (tertiary/aromatic N) is 1. The van der Waals surface area contributed by atoms with Gasteiger partial charge < -0.3 is 16.0 Å². The smallest absolute Gasteiger partial charge is 0.225 e. The van der Waals surface area contributed by atoms with E-state index in [0.717, 1.165) is 24.2 Å². The van der Waals surface area contributed by atoms with Crippen LogP contribution >= 0.6 is 0 Å². The largest absolute Gasteiger partial charge is 0.376 e. The van der Waals surface area contributed by atoms with Crippen LogP contribution in [0.1, 0.15) is 38.5 Å². The number of anilines is 2. The van der Waals surface area contributed by atoms with Crippen molar-refractivity contribution in [2.24, 2.45) is 11.1 Å². The summed E-state index contributed by atoms with van der Waals surface area (Å²) in [5.74, 6) is 0.0802. The predicted octanol–water partition coefficient (Wildman–Crippen LogP) is 2.99. The van der Waals surface area contributed by atoms with Crippen LogP contribution in [0.15, 0.2) is 24.3 Å². The molecule has 1 amide bonds. The maximum Gasteiger partial charge on any atom is 0.225 e. The SMILES string of the molecule is CN(C)c1ccccc1NC(=O)CC1(CN)CCCCC1. The Balaban J connectivity index is 2.04. The zero-order valence-electron chi connectivity index (χ0n) is 13.2. The van der Waals surface area contributed by atoms with Crippen LogP contribution in [0.4, 0.5) is 11.4 Å². The van der Waals surface area contributed by atoms with Crippen molar-refractivity contribution in [3.63, 3.8) is 0 Å². The van der Waals surface area contributed by atoms with Gasteiger partial charge in [0.05, 0.1) is 11.4 Å². The number of carbonyl (C=O) groups excluding carboxylic acids is 1. The number of benzene rings is 1. The number of carbonyl (C=O) groups is 1. The van der Waals surface area contributed by atoms with Crippen molar-refractivity contribution in [3.8, 4) is 0 Å². The number of rotatable bonds is 5. The summed E-state index contributed by atoms with van der Waals surface area (Å²) in [5.41, 5.74) is 7.87. The predicted molar refractivity (Wildman–Crippen MR) is 88.6 cm³/mol. The minimum absolute atomic E-state index is 0.00932. The lowest BCUT2D eigenvalue weighted by molar-refractivity contribution is -0.118. The Morgan fingerprint density at radius 3 is 2.52 bits per heavy atom. The van der Waals surface area contributed by atoms with Gasteiger partial charge >= 0.3 is 0 Å². The molecule has 0 saturated heterocycles. The molecule has 1 aromatic carbocycles. The summed E-state index contributed by atoms with van der Waals surface area (Å²) in [7, 11) is 3.96. The van der Waals surface area contributed by atoms with Gasteiger partial charge in [-0.2, -0.15) is 0 Å². The van der Waals surface area contributed by atoms with E-state index in [1.807, 2.05) is 43.3 Å². The molecule has 0 aromatic heterocycles. The number of hydrogen-bond donors (Lipinski definition) is 2. The van der Waals surface area contributed by atoms with Crippen molar-refractivity contribution in [3.05, 3.63) is 24.3 Å². The molecular weight excluding hydrogens is 262 g/mol. The number of para-hydroxylation sites is 2. The van der Waals surface area contributed by atoms with E-state index in [9.17, 15) is 4.79 Å². The summed E-state index contributed by atoms with van der Waals surface area (Å²) in [6.45, 7) is 0.607. The number of hydrogen-bond acceptors (Lipinski definition) is 3. The first-order valence-corrected chi connectivity index (χ1v) is 7.83. The van der Waals surface area contributed by atoms with E-state index >= 15 is 0 Å². The van der Waals surface area contributed by atoms with Crippen molar-refractivity contribution < 1.29 is 4.79 Å². The Bertz CT molecular complexity index is 479. The van der Waals surface area contributed by atoms with Gasteiger partial charge in [0.1, 0.15) is 0 Å². The average molecular weight is 289 g/mol. The highest BCUT2D eigenvalue weighted by molar-refractivity contribution is 5.94. The topological polar surface area (TPSA) is 58.4 Å². The summed E-state index contributed by atoms with van der Waals surface area (Å²) in [6, 6.07) is 7.88. The molecule has 2 rings (SSSR count). The van der Waals surface area contributed by atoms with Crippen molar-refractivity contribution in [1.82, 2.24) is 0 Å². The Morgan fingerprint density at radius 2 is 1.90 bits per heavy atom. The van der Waals surface area contributed by atoms with Crippen LogP contribution in [-0.2, 0) is 4.79 Å². The van der Waals surface area contributed by atoms with E-state index in [1.165, 1.54) is 19.3 Å². The summed E-state index contributed by atoms with van der Waals surface area (Å²) in [6.07, 6.45) is 6.34. The van der Waals surface area contributed by atoms with Crippen LogP contribution in [0, 0.1) is 5.41 Å². The molecule has 21 heavy (non-hydrogen) atoms. The molecule has 0 aliphatic heterocycles. The van der Waals surface area contributed by atoms with E-state index in [1.54, 1.807) is 0 Å². The summed E-state index contributed by atoms with van der Waals surface area (Å²) >= 11 is 0. The van der Waals surface area contributed by atoms with E-state index in [0.29, 0.717) is 13.0 Å². The van der Waals surface area contributed by atoms with Gasteiger partial charge in [0.15, 0.2) is 0 Å². The number of amides is 1. The zero-order valence-corrected chi connectivity index (χ0v) is 13.2. The molecule has 0 radical (unpaired) electrons. The highest BCUT2D eigenvalue weighted by atomic mass is 16.1. The van der Waals surface area contributed by atoms with E-state index in [4.69, 9.17) is 5.73 Å². The highest BCUT2D eigenvalue weighted by Crippen LogP contribution is 2.38. The fourth-order valence-electron chi connectivity index (χ4n) is 3.26. The highest BCUT2D eigenvalue weighted by Gasteiger charge is 2.33. The van der Waals surface area contributed by atoms with E-state index in [-0.39, 0.29) is 11.3 Å². The molecule has 0 heterocycles. The van der Waals surface area contributed by atoms with Crippen LogP contribution < -0.4 is 16.0 Å². The Hall–Kier alpha value is -1.55. The fraction of sp³-hybridized carbons (Fsp3) is 0.588. The van der Waals surface area contributed by atoms with Crippen LogP contribution in [0.25, 0.3) is 0 Å². The molecule has 0 spiro atoms. The third-order valence-corrected chi connectivity index (χ3v) is 4.54. The molecule has 1 aliphatic rings. The van der Waals surface area contributed by atoms with Crippen LogP contribution in [0.5, 0.6) is 0 Å². The quantitative estimate of drug-likeness (QED) is 0.876. The third kappa shape index (κ3) is 3.97. The maximum absolute atomic E-state index is 12.4. The van der Waals surface area contributed by atoms with Gasteiger partial charge in [0.2, 0.25) is 5.91 Å². The lowest BCUT2D eigenvalue weighted by Gasteiger charge is -2.35. The molecule has 1 fully saturated rings. The second-order valence-corrected chi connectivity index (χ2v) is 6.40. The molecule has 0 bridgehead atoms. The zero-order chi connectivity index (χ0) is 15.3. The molecule has 4 heteroatoms. The molecule has 1 saturated carbocycles. The monoisotopic (exact) mass is 289 g/mol. The van der Waals surface area contributed by atoms with Gasteiger partial charge in [-0.15, -0.1) is 0 Å².